The molecule has 1 amide bonds. The molecule has 0 bridgehead atoms. The first-order chi connectivity index (χ1) is 8.40. The third-order valence-corrected chi connectivity index (χ3v) is 3.21. The lowest BCUT2D eigenvalue weighted by Crippen LogP contribution is -2.26. The van der Waals surface area contributed by atoms with Gasteiger partial charge in [-0.2, -0.15) is 12.6 Å². The van der Waals surface area contributed by atoms with E-state index in [4.69, 9.17) is 11.6 Å². The number of carbonyl (C=O) groups excluding carboxylic acids is 1. The molecule has 1 aliphatic heterocycles. The molecule has 0 radical (unpaired) electrons. The molecular weight excluding hydrogens is 283 g/mol. The molecule has 18 heavy (non-hydrogen) atoms. The van der Waals surface area contributed by atoms with Gasteiger partial charge in [-0.25, -0.2) is 4.39 Å². The van der Waals surface area contributed by atoms with Gasteiger partial charge in [-0.3, -0.25) is 14.9 Å². The molecule has 0 saturated carbocycles. The number of rotatable bonds is 2. The Balaban J connectivity index is 2.56. The Morgan fingerprint density at radius 1 is 1.56 bits per heavy atom. The largest absolute Gasteiger partial charge is 0.304 e. The topological polar surface area (TPSA) is 63.5 Å². The number of nitrogens with zero attached hydrogens (tertiary/aromatic N) is 2. The van der Waals surface area contributed by atoms with E-state index in [1.807, 2.05) is 0 Å². The summed E-state index contributed by atoms with van der Waals surface area (Å²) >= 11 is 9.96. The maximum absolute atomic E-state index is 13.1. The van der Waals surface area contributed by atoms with E-state index in [1.54, 1.807) is 0 Å². The molecule has 1 aromatic carbocycles. The van der Waals surface area contributed by atoms with Gasteiger partial charge in [-0.15, -0.1) is 0 Å². The zero-order chi connectivity index (χ0) is 13.4. The predicted octanol–water partition coefficient (Wildman–Crippen LogP) is 2.42. The fraction of sp³-hybridized carbons (Fsp3) is 0.300. The van der Waals surface area contributed by atoms with Crippen LogP contribution in [0.15, 0.2) is 12.1 Å². The summed E-state index contributed by atoms with van der Waals surface area (Å²) in [4.78, 5) is 23.0. The summed E-state index contributed by atoms with van der Waals surface area (Å²) in [5.74, 6) is -1.13. The minimum Gasteiger partial charge on any atom is -0.304 e. The van der Waals surface area contributed by atoms with Gasteiger partial charge in [0, 0.05) is 18.2 Å². The second kappa shape index (κ2) is 4.74. The number of thiol groups is 1. The SMILES string of the molecule is O=C1CC(S)CN1c1c(Cl)cc(F)cc1[N+](=O)[O-]. The molecule has 1 fully saturated rings. The number of carbonyl (C=O) groups is 1. The van der Waals surface area contributed by atoms with Crippen molar-refractivity contribution in [3.8, 4) is 0 Å². The van der Waals surface area contributed by atoms with Crippen LogP contribution in [0.2, 0.25) is 5.02 Å². The molecule has 0 aliphatic carbocycles. The number of benzene rings is 1. The van der Waals surface area contributed by atoms with Crippen LogP contribution < -0.4 is 4.90 Å². The summed E-state index contributed by atoms with van der Waals surface area (Å²) in [6, 6.07) is 1.70. The fourth-order valence-electron chi connectivity index (χ4n) is 1.86. The average Bonchev–Trinajstić information content (AvgIpc) is 2.56. The van der Waals surface area contributed by atoms with Crippen LogP contribution >= 0.6 is 24.2 Å². The van der Waals surface area contributed by atoms with Gasteiger partial charge in [0.25, 0.3) is 5.69 Å². The Bertz CT molecular complexity index is 540. The zero-order valence-electron chi connectivity index (χ0n) is 8.97. The molecule has 1 saturated heterocycles. The standard InChI is InChI=1S/C10H8ClFN2O3S/c11-7-1-5(12)2-8(14(16)17)10(7)13-4-6(18)3-9(13)15/h1-2,6,18H,3-4H2. The molecule has 8 heteroatoms. The Labute approximate surface area is 112 Å². The predicted molar refractivity (Wildman–Crippen MR) is 67.8 cm³/mol. The molecule has 1 aliphatic rings. The van der Waals surface area contributed by atoms with Gasteiger partial charge in [-0.1, -0.05) is 11.6 Å². The number of nitro benzene ring substituents is 1. The minimum absolute atomic E-state index is 0.0652. The van der Waals surface area contributed by atoms with E-state index in [1.165, 1.54) is 4.90 Å². The lowest BCUT2D eigenvalue weighted by atomic mass is 10.2. The normalized spacial score (nSPS) is 19.4. The minimum atomic E-state index is -0.815. The number of amides is 1. The van der Waals surface area contributed by atoms with Crippen molar-refractivity contribution < 1.29 is 14.1 Å². The van der Waals surface area contributed by atoms with Crippen LogP contribution in [-0.4, -0.2) is 22.6 Å². The summed E-state index contributed by atoms with van der Waals surface area (Å²) in [6.45, 7) is 0.216. The maximum Gasteiger partial charge on any atom is 0.297 e. The lowest BCUT2D eigenvalue weighted by Gasteiger charge is -2.17. The first kappa shape index (κ1) is 13.1. The summed E-state index contributed by atoms with van der Waals surface area (Å²) < 4.78 is 13.1. The third kappa shape index (κ3) is 2.28. The molecule has 0 aromatic heterocycles. The molecule has 96 valence electrons. The average molecular weight is 291 g/mol. The van der Waals surface area contributed by atoms with E-state index in [0.29, 0.717) is 0 Å². The van der Waals surface area contributed by atoms with Crippen molar-refractivity contribution in [1.29, 1.82) is 0 Å². The van der Waals surface area contributed by atoms with Crippen LogP contribution in [0.25, 0.3) is 0 Å². The Kier molecular flexibility index (Phi) is 3.45. The van der Waals surface area contributed by atoms with E-state index in [-0.39, 0.29) is 34.8 Å². The highest BCUT2D eigenvalue weighted by atomic mass is 35.5. The Morgan fingerprint density at radius 3 is 2.72 bits per heavy atom. The number of halogens is 2. The van der Waals surface area contributed by atoms with Crippen LogP contribution in [0.4, 0.5) is 15.8 Å². The highest BCUT2D eigenvalue weighted by Gasteiger charge is 2.34. The zero-order valence-corrected chi connectivity index (χ0v) is 10.6. The van der Waals surface area contributed by atoms with Crippen molar-refractivity contribution in [2.75, 3.05) is 11.4 Å². The molecule has 5 nitrogen and oxygen atoms in total. The smallest absolute Gasteiger partial charge is 0.297 e. The fourth-order valence-corrected chi connectivity index (χ4v) is 2.49. The highest BCUT2D eigenvalue weighted by molar-refractivity contribution is 7.81. The monoisotopic (exact) mass is 290 g/mol. The van der Waals surface area contributed by atoms with Gasteiger partial charge in [0.1, 0.15) is 11.5 Å². The quantitative estimate of drug-likeness (QED) is 0.517. The first-order valence-electron chi connectivity index (χ1n) is 5.02. The highest BCUT2D eigenvalue weighted by Crippen LogP contribution is 2.39. The van der Waals surface area contributed by atoms with Gasteiger partial charge < -0.3 is 4.90 Å². The van der Waals surface area contributed by atoms with Crippen LogP contribution in [0, 0.1) is 15.9 Å². The molecule has 1 heterocycles. The molecular formula is C10H8ClFN2O3S. The number of hydrogen-bond acceptors (Lipinski definition) is 4. The van der Waals surface area contributed by atoms with Crippen molar-refractivity contribution in [2.45, 2.75) is 11.7 Å². The second-order valence-electron chi connectivity index (χ2n) is 3.87. The Morgan fingerprint density at radius 2 is 2.22 bits per heavy atom. The summed E-state index contributed by atoms with van der Waals surface area (Å²) in [6.07, 6.45) is 0.175. The third-order valence-electron chi connectivity index (χ3n) is 2.58. The molecule has 0 N–H and O–H groups in total. The van der Waals surface area contributed by atoms with Crippen molar-refractivity contribution in [3.05, 3.63) is 33.1 Å². The van der Waals surface area contributed by atoms with E-state index in [9.17, 15) is 19.3 Å². The van der Waals surface area contributed by atoms with Crippen LogP contribution in [0.3, 0.4) is 0 Å². The van der Waals surface area contributed by atoms with Crippen LogP contribution in [-0.2, 0) is 4.79 Å². The van der Waals surface area contributed by atoms with Crippen LogP contribution in [0.5, 0.6) is 0 Å². The molecule has 1 unspecified atom stereocenters. The van der Waals surface area contributed by atoms with Crippen molar-refractivity contribution in [2.24, 2.45) is 0 Å². The maximum atomic E-state index is 13.1. The van der Waals surface area contributed by atoms with E-state index < -0.39 is 16.4 Å². The van der Waals surface area contributed by atoms with Crippen molar-refractivity contribution >= 4 is 41.5 Å². The summed E-state index contributed by atoms with van der Waals surface area (Å²) in [7, 11) is 0. The number of hydrogen-bond donors (Lipinski definition) is 1. The molecule has 2 rings (SSSR count). The number of anilines is 1. The van der Waals surface area contributed by atoms with E-state index in [0.717, 1.165) is 12.1 Å². The summed E-state index contributed by atoms with van der Waals surface area (Å²) in [5, 5.41) is 10.5. The van der Waals surface area contributed by atoms with Gasteiger partial charge >= 0.3 is 0 Å². The van der Waals surface area contributed by atoms with Crippen molar-refractivity contribution in [3.63, 3.8) is 0 Å². The lowest BCUT2D eigenvalue weighted by molar-refractivity contribution is -0.384. The first-order valence-corrected chi connectivity index (χ1v) is 5.91. The second-order valence-corrected chi connectivity index (χ2v) is 5.01. The molecule has 0 spiro atoms. The van der Waals surface area contributed by atoms with E-state index >= 15 is 0 Å². The van der Waals surface area contributed by atoms with Crippen molar-refractivity contribution in [1.82, 2.24) is 0 Å². The van der Waals surface area contributed by atoms with Gasteiger partial charge in [0.15, 0.2) is 0 Å². The summed E-state index contributed by atoms with van der Waals surface area (Å²) in [5.41, 5.74) is -0.583. The van der Waals surface area contributed by atoms with Crippen LogP contribution in [0.1, 0.15) is 6.42 Å². The number of nitro groups is 1. The van der Waals surface area contributed by atoms with Gasteiger partial charge in [-0.05, 0) is 6.07 Å². The van der Waals surface area contributed by atoms with Gasteiger partial charge in [0.05, 0.1) is 16.0 Å². The van der Waals surface area contributed by atoms with Gasteiger partial charge in [0.2, 0.25) is 5.91 Å². The van der Waals surface area contributed by atoms with E-state index in [2.05, 4.69) is 12.6 Å². The molecule has 1 atom stereocenters. The Hall–Kier alpha value is -1.34. The molecule has 1 aromatic rings.